The second-order valence-corrected chi connectivity index (χ2v) is 5.73. The van der Waals surface area contributed by atoms with Crippen molar-refractivity contribution in [3.05, 3.63) is 12.2 Å². The topological polar surface area (TPSA) is 57.5 Å². The first kappa shape index (κ1) is 19.2. The first-order valence-corrected chi connectivity index (χ1v) is 8.14. The molecule has 3 nitrogen and oxygen atoms in total. The van der Waals surface area contributed by atoms with E-state index in [1.807, 2.05) is 0 Å². The molecule has 0 spiro atoms. The van der Waals surface area contributed by atoms with Crippen LogP contribution in [0.2, 0.25) is 0 Å². The van der Waals surface area contributed by atoms with Gasteiger partial charge in [0.25, 0.3) is 0 Å². The second-order valence-electron chi connectivity index (χ2n) is 5.73. The summed E-state index contributed by atoms with van der Waals surface area (Å²) in [6.45, 7) is 2.46. The predicted molar refractivity (Wildman–Crippen MR) is 83.8 cm³/mol. The summed E-state index contributed by atoms with van der Waals surface area (Å²) in [5.41, 5.74) is 0. The van der Waals surface area contributed by atoms with Gasteiger partial charge in [-0.15, -0.1) is 0 Å². The molecule has 0 aliphatic heterocycles. The van der Waals surface area contributed by atoms with Crippen LogP contribution >= 0.6 is 0 Å². The molecule has 118 valence electrons. The SMILES string of the molecule is CC(C/C=C/CCCCCCCCCC(=O)O)CCO. The maximum absolute atomic E-state index is 10.3. The van der Waals surface area contributed by atoms with Crippen LogP contribution in [-0.4, -0.2) is 22.8 Å². The van der Waals surface area contributed by atoms with Crippen molar-refractivity contribution in [1.82, 2.24) is 0 Å². The summed E-state index contributed by atoms with van der Waals surface area (Å²) in [5.74, 6) is -0.0906. The van der Waals surface area contributed by atoms with Crippen LogP contribution in [0.3, 0.4) is 0 Å². The molecule has 1 atom stereocenters. The molecule has 20 heavy (non-hydrogen) atoms. The first-order chi connectivity index (χ1) is 9.66. The van der Waals surface area contributed by atoms with Crippen molar-refractivity contribution in [3.63, 3.8) is 0 Å². The minimum atomic E-state index is -0.676. The van der Waals surface area contributed by atoms with E-state index in [0.717, 1.165) is 32.1 Å². The van der Waals surface area contributed by atoms with Crippen molar-refractivity contribution < 1.29 is 15.0 Å². The van der Waals surface area contributed by atoms with Crippen LogP contribution in [0.4, 0.5) is 0 Å². The van der Waals surface area contributed by atoms with Crippen molar-refractivity contribution in [2.24, 2.45) is 5.92 Å². The van der Waals surface area contributed by atoms with Gasteiger partial charge >= 0.3 is 5.97 Å². The van der Waals surface area contributed by atoms with Crippen molar-refractivity contribution in [3.8, 4) is 0 Å². The van der Waals surface area contributed by atoms with E-state index in [-0.39, 0.29) is 0 Å². The Labute approximate surface area is 124 Å². The third-order valence-corrected chi connectivity index (χ3v) is 3.59. The molecule has 0 aromatic carbocycles. The largest absolute Gasteiger partial charge is 0.481 e. The van der Waals surface area contributed by atoms with Gasteiger partial charge in [-0.1, -0.05) is 51.2 Å². The highest BCUT2D eigenvalue weighted by Crippen LogP contribution is 2.11. The number of aliphatic hydroxyl groups is 1. The van der Waals surface area contributed by atoms with E-state index in [1.165, 1.54) is 32.1 Å². The number of allylic oxidation sites excluding steroid dienone is 2. The Balaban J connectivity index is 3.16. The lowest BCUT2D eigenvalue weighted by Gasteiger charge is -2.04. The average Bonchev–Trinajstić information content (AvgIpc) is 2.40. The number of carbonyl (C=O) groups is 1. The van der Waals surface area contributed by atoms with Crippen molar-refractivity contribution in [2.75, 3.05) is 6.61 Å². The number of aliphatic carboxylic acids is 1. The van der Waals surface area contributed by atoms with Gasteiger partial charge in [-0.3, -0.25) is 4.79 Å². The van der Waals surface area contributed by atoms with Gasteiger partial charge in [-0.25, -0.2) is 0 Å². The Hall–Kier alpha value is -0.830. The highest BCUT2D eigenvalue weighted by molar-refractivity contribution is 5.66. The maximum Gasteiger partial charge on any atom is 0.303 e. The van der Waals surface area contributed by atoms with Gasteiger partial charge in [0.1, 0.15) is 0 Å². The molecule has 0 aromatic rings. The van der Waals surface area contributed by atoms with Crippen LogP contribution in [0, 0.1) is 5.92 Å². The van der Waals surface area contributed by atoms with Gasteiger partial charge in [-0.2, -0.15) is 0 Å². The molecule has 0 rings (SSSR count). The number of carboxylic acid groups (broad SMARTS) is 1. The van der Waals surface area contributed by atoms with Crippen molar-refractivity contribution in [2.45, 2.75) is 77.6 Å². The van der Waals surface area contributed by atoms with E-state index in [9.17, 15) is 4.79 Å². The first-order valence-electron chi connectivity index (χ1n) is 8.14. The van der Waals surface area contributed by atoms with E-state index in [0.29, 0.717) is 18.9 Å². The molecule has 0 heterocycles. The fourth-order valence-electron chi connectivity index (χ4n) is 2.21. The molecule has 2 N–H and O–H groups in total. The summed E-state index contributed by atoms with van der Waals surface area (Å²) < 4.78 is 0. The van der Waals surface area contributed by atoms with Gasteiger partial charge in [0.2, 0.25) is 0 Å². The Morgan fingerprint density at radius 2 is 1.60 bits per heavy atom. The molecule has 0 bridgehead atoms. The third-order valence-electron chi connectivity index (χ3n) is 3.59. The third kappa shape index (κ3) is 15.2. The average molecular weight is 284 g/mol. The smallest absolute Gasteiger partial charge is 0.303 e. The van der Waals surface area contributed by atoms with Gasteiger partial charge in [0, 0.05) is 13.0 Å². The number of unbranched alkanes of at least 4 members (excludes halogenated alkanes) is 7. The van der Waals surface area contributed by atoms with Gasteiger partial charge in [0.05, 0.1) is 0 Å². The van der Waals surface area contributed by atoms with Crippen LogP contribution in [0.1, 0.15) is 77.6 Å². The molecule has 0 aromatic heterocycles. The van der Waals surface area contributed by atoms with Crippen LogP contribution in [0.5, 0.6) is 0 Å². The monoisotopic (exact) mass is 284 g/mol. The zero-order valence-electron chi connectivity index (χ0n) is 13.0. The quantitative estimate of drug-likeness (QED) is 0.363. The summed E-state index contributed by atoms with van der Waals surface area (Å²) in [6, 6.07) is 0. The zero-order valence-corrected chi connectivity index (χ0v) is 13.0. The lowest BCUT2D eigenvalue weighted by molar-refractivity contribution is -0.137. The summed E-state index contributed by atoms with van der Waals surface area (Å²) in [7, 11) is 0. The molecular weight excluding hydrogens is 252 g/mol. The van der Waals surface area contributed by atoms with E-state index >= 15 is 0 Å². The fourth-order valence-corrected chi connectivity index (χ4v) is 2.21. The summed E-state index contributed by atoms with van der Waals surface area (Å²) in [4.78, 5) is 10.3. The van der Waals surface area contributed by atoms with Gasteiger partial charge < -0.3 is 10.2 Å². The number of carboxylic acids is 1. The molecule has 0 aliphatic carbocycles. The molecule has 3 heteroatoms. The highest BCUT2D eigenvalue weighted by atomic mass is 16.4. The van der Waals surface area contributed by atoms with Crippen molar-refractivity contribution in [1.29, 1.82) is 0 Å². The normalized spacial score (nSPS) is 12.9. The molecule has 0 amide bonds. The molecule has 0 fully saturated rings. The zero-order chi connectivity index (χ0) is 15.1. The minimum absolute atomic E-state index is 0.293. The van der Waals surface area contributed by atoms with E-state index in [1.54, 1.807) is 0 Å². The Kier molecular flexibility index (Phi) is 14.0. The predicted octanol–water partition coefficient (Wildman–Crippen LogP) is 4.55. The maximum atomic E-state index is 10.3. The molecule has 1 unspecified atom stereocenters. The summed E-state index contributed by atoms with van der Waals surface area (Å²) >= 11 is 0. The number of rotatable bonds is 14. The fraction of sp³-hybridized carbons (Fsp3) is 0.824. The van der Waals surface area contributed by atoms with Crippen LogP contribution in [0.25, 0.3) is 0 Å². The van der Waals surface area contributed by atoms with E-state index in [4.69, 9.17) is 10.2 Å². The van der Waals surface area contributed by atoms with Gasteiger partial charge in [-0.05, 0) is 38.0 Å². The van der Waals surface area contributed by atoms with E-state index < -0.39 is 5.97 Å². The van der Waals surface area contributed by atoms with Crippen LogP contribution in [-0.2, 0) is 4.79 Å². The Bertz CT molecular complexity index is 249. The second kappa shape index (κ2) is 14.6. The summed E-state index contributed by atoms with van der Waals surface area (Å²) in [6.07, 6.45) is 16.0. The highest BCUT2D eigenvalue weighted by Gasteiger charge is 1.97. The molecule has 0 saturated carbocycles. The van der Waals surface area contributed by atoms with Crippen LogP contribution in [0.15, 0.2) is 12.2 Å². The Morgan fingerprint density at radius 3 is 2.20 bits per heavy atom. The standard InChI is InChI=1S/C17H32O3/c1-16(14-15-18)12-10-8-6-4-2-3-5-7-9-11-13-17(19)20/h8,10,16,18H,2-7,9,11-15H2,1H3,(H,19,20)/b10-8+. The molecule has 0 saturated heterocycles. The van der Waals surface area contributed by atoms with Crippen molar-refractivity contribution >= 4 is 5.97 Å². The lowest BCUT2D eigenvalue weighted by Crippen LogP contribution is -1.95. The number of hydrogen-bond donors (Lipinski definition) is 2. The molecular formula is C17H32O3. The van der Waals surface area contributed by atoms with E-state index in [2.05, 4.69) is 19.1 Å². The molecule has 0 aliphatic rings. The Morgan fingerprint density at radius 1 is 1.00 bits per heavy atom. The lowest BCUT2D eigenvalue weighted by atomic mass is 10.0. The van der Waals surface area contributed by atoms with Crippen LogP contribution < -0.4 is 0 Å². The number of hydrogen-bond acceptors (Lipinski definition) is 2. The summed E-state index contributed by atoms with van der Waals surface area (Å²) in [5, 5.41) is 17.3. The van der Waals surface area contributed by atoms with Gasteiger partial charge in [0.15, 0.2) is 0 Å². The minimum Gasteiger partial charge on any atom is -0.481 e. The molecule has 0 radical (unpaired) electrons. The number of aliphatic hydroxyl groups excluding tert-OH is 1.